The molecule has 0 unspecified atom stereocenters. The predicted octanol–water partition coefficient (Wildman–Crippen LogP) is 5.95. The Bertz CT molecular complexity index is 1230. The number of carbonyl (C=O) groups is 1. The number of alkyl halides is 3. The first-order valence-electron chi connectivity index (χ1n) is 9.01. The average molecular weight is 463 g/mol. The van der Waals surface area contributed by atoms with Gasteiger partial charge in [-0.1, -0.05) is 53.7 Å². The number of rotatable bonds is 5. The molecular weight excluding hydrogens is 449 g/mol. The zero-order valence-electron chi connectivity index (χ0n) is 15.7. The van der Waals surface area contributed by atoms with Crippen molar-refractivity contribution in [3.05, 3.63) is 88.6 Å². The van der Waals surface area contributed by atoms with Gasteiger partial charge in [-0.25, -0.2) is 0 Å². The minimum Gasteiger partial charge on any atom is -0.322 e. The number of thioether (sulfide) groups is 1. The topological polar surface area (TPSA) is 59.3 Å². The number of hydrogen-bond donors (Lipinski definition) is 1. The van der Waals surface area contributed by atoms with Crippen molar-refractivity contribution in [3.63, 3.8) is 0 Å². The van der Waals surface area contributed by atoms with Crippen molar-refractivity contribution in [2.75, 3.05) is 5.32 Å². The molecule has 4 rings (SSSR count). The van der Waals surface area contributed by atoms with Crippen molar-refractivity contribution in [3.8, 4) is 0 Å². The van der Waals surface area contributed by atoms with Crippen LogP contribution in [-0.2, 0) is 11.9 Å². The molecule has 2 aromatic carbocycles. The summed E-state index contributed by atoms with van der Waals surface area (Å²) in [4.78, 5) is 12.3. The Hall–Kier alpha value is -3.04. The average Bonchev–Trinajstić information content (AvgIpc) is 3.16. The van der Waals surface area contributed by atoms with Crippen LogP contribution < -0.4 is 5.32 Å². The lowest BCUT2D eigenvalue weighted by Crippen LogP contribution is -2.11. The van der Waals surface area contributed by atoms with E-state index in [0.717, 1.165) is 17.8 Å². The van der Waals surface area contributed by atoms with E-state index < -0.39 is 11.7 Å². The van der Waals surface area contributed by atoms with Gasteiger partial charge in [0.1, 0.15) is 0 Å². The van der Waals surface area contributed by atoms with Crippen LogP contribution in [0.2, 0.25) is 5.02 Å². The Kier molecular flexibility index (Phi) is 5.88. The van der Waals surface area contributed by atoms with Gasteiger partial charge in [0.2, 0.25) is 0 Å². The van der Waals surface area contributed by atoms with E-state index in [1.807, 2.05) is 18.2 Å². The van der Waals surface area contributed by atoms with Gasteiger partial charge in [-0.3, -0.25) is 9.20 Å². The number of anilines is 1. The quantitative estimate of drug-likeness (QED) is 0.372. The second-order valence-corrected chi connectivity index (χ2v) is 7.91. The molecule has 0 saturated carbocycles. The van der Waals surface area contributed by atoms with Crippen LogP contribution in [0.25, 0.3) is 5.65 Å². The molecular formula is C21H14ClF3N4OS. The molecule has 0 aliphatic carbocycles. The lowest BCUT2D eigenvalue weighted by molar-refractivity contribution is -0.137. The zero-order valence-corrected chi connectivity index (χ0v) is 17.3. The summed E-state index contributed by atoms with van der Waals surface area (Å²) < 4.78 is 40.5. The summed E-state index contributed by atoms with van der Waals surface area (Å²) in [6, 6.07) is 16.9. The van der Waals surface area contributed by atoms with Crippen LogP contribution in [-0.4, -0.2) is 20.5 Å². The van der Waals surface area contributed by atoms with Gasteiger partial charge in [0.15, 0.2) is 10.8 Å². The third-order valence-corrected chi connectivity index (χ3v) is 5.66. The van der Waals surface area contributed by atoms with Gasteiger partial charge < -0.3 is 5.32 Å². The van der Waals surface area contributed by atoms with Crippen molar-refractivity contribution in [1.29, 1.82) is 0 Å². The van der Waals surface area contributed by atoms with Gasteiger partial charge in [0.05, 0.1) is 10.6 Å². The van der Waals surface area contributed by atoms with Crippen LogP contribution in [0.4, 0.5) is 18.9 Å². The highest BCUT2D eigenvalue weighted by Crippen LogP contribution is 2.33. The lowest BCUT2D eigenvalue weighted by Gasteiger charge is -2.09. The SMILES string of the molecule is O=C(Nc1ccccc1)c1ccc(CSc2nnc3c(Cl)cc(C(F)(F)F)cn23)cc1. The fourth-order valence-electron chi connectivity index (χ4n) is 2.81. The maximum Gasteiger partial charge on any atom is 0.417 e. The molecule has 0 atom stereocenters. The normalized spacial score (nSPS) is 11.6. The van der Waals surface area contributed by atoms with Crippen molar-refractivity contribution in [1.82, 2.24) is 14.6 Å². The highest BCUT2D eigenvalue weighted by atomic mass is 35.5. The molecule has 2 aromatic heterocycles. The smallest absolute Gasteiger partial charge is 0.322 e. The van der Waals surface area contributed by atoms with Crippen molar-refractivity contribution in [2.24, 2.45) is 0 Å². The maximum absolute atomic E-state index is 13.1. The summed E-state index contributed by atoms with van der Waals surface area (Å²) in [7, 11) is 0. The number of benzene rings is 2. The minimum absolute atomic E-state index is 0.122. The molecule has 0 aliphatic heterocycles. The molecule has 1 amide bonds. The van der Waals surface area contributed by atoms with Crippen LogP contribution in [0.5, 0.6) is 0 Å². The molecule has 31 heavy (non-hydrogen) atoms. The van der Waals surface area contributed by atoms with E-state index in [1.165, 1.54) is 16.2 Å². The fraction of sp³-hybridized carbons (Fsp3) is 0.0952. The van der Waals surface area contributed by atoms with Gasteiger partial charge in [-0.05, 0) is 35.9 Å². The maximum atomic E-state index is 13.1. The second kappa shape index (κ2) is 8.60. The molecule has 0 bridgehead atoms. The Morgan fingerprint density at radius 1 is 1.06 bits per heavy atom. The molecule has 0 spiro atoms. The molecule has 2 heterocycles. The Labute approximate surface area is 184 Å². The van der Waals surface area contributed by atoms with Gasteiger partial charge >= 0.3 is 6.18 Å². The number of fused-ring (bicyclic) bond motifs is 1. The van der Waals surface area contributed by atoms with Gasteiger partial charge in [-0.15, -0.1) is 10.2 Å². The third kappa shape index (κ3) is 4.83. The van der Waals surface area contributed by atoms with E-state index in [4.69, 9.17) is 11.6 Å². The molecule has 0 fully saturated rings. The molecule has 10 heteroatoms. The zero-order chi connectivity index (χ0) is 22.0. The van der Waals surface area contributed by atoms with Gasteiger partial charge in [0.25, 0.3) is 5.91 Å². The Morgan fingerprint density at radius 2 is 1.77 bits per heavy atom. The van der Waals surface area contributed by atoms with Crippen LogP contribution >= 0.6 is 23.4 Å². The molecule has 0 radical (unpaired) electrons. The number of nitrogens with zero attached hydrogens (tertiary/aromatic N) is 3. The van der Waals surface area contributed by atoms with Crippen LogP contribution in [0, 0.1) is 0 Å². The monoisotopic (exact) mass is 462 g/mol. The lowest BCUT2D eigenvalue weighted by atomic mass is 10.1. The summed E-state index contributed by atoms with van der Waals surface area (Å²) in [6.07, 6.45) is -3.60. The summed E-state index contributed by atoms with van der Waals surface area (Å²) in [5, 5.41) is 10.8. The third-order valence-electron chi connectivity index (χ3n) is 4.37. The number of hydrogen-bond acceptors (Lipinski definition) is 4. The first-order valence-corrected chi connectivity index (χ1v) is 10.4. The summed E-state index contributed by atoms with van der Waals surface area (Å²) >= 11 is 7.15. The molecule has 0 saturated heterocycles. The first kappa shape index (κ1) is 21.2. The number of aromatic nitrogens is 3. The number of para-hydroxylation sites is 1. The molecule has 1 N–H and O–H groups in total. The predicted molar refractivity (Wildman–Crippen MR) is 113 cm³/mol. The number of nitrogens with one attached hydrogen (secondary N) is 1. The van der Waals surface area contributed by atoms with E-state index in [2.05, 4.69) is 15.5 Å². The van der Waals surface area contributed by atoms with E-state index in [-0.39, 0.29) is 21.7 Å². The van der Waals surface area contributed by atoms with E-state index in [0.29, 0.717) is 17.0 Å². The van der Waals surface area contributed by atoms with E-state index in [9.17, 15) is 18.0 Å². The fourth-order valence-corrected chi connectivity index (χ4v) is 3.92. The van der Waals surface area contributed by atoms with Crippen molar-refractivity contribution >= 4 is 40.6 Å². The van der Waals surface area contributed by atoms with Crippen LogP contribution in [0.15, 0.2) is 72.0 Å². The Balaban J connectivity index is 1.46. The summed E-state index contributed by atoms with van der Waals surface area (Å²) in [6.45, 7) is 0. The number of amides is 1. The summed E-state index contributed by atoms with van der Waals surface area (Å²) in [5.41, 5.74) is 1.34. The van der Waals surface area contributed by atoms with Crippen molar-refractivity contribution in [2.45, 2.75) is 17.1 Å². The molecule has 158 valence electrons. The molecule has 5 nitrogen and oxygen atoms in total. The number of pyridine rings is 1. The number of carbonyl (C=O) groups excluding carboxylic acids is 1. The molecule has 0 aliphatic rings. The number of halogens is 4. The standard InChI is InChI=1S/C21H14ClF3N4OS/c22-17-10-15(21(23,24)25)11-29-18(17)27-28-20(29)31-12-13-6-8-14(9-7-13)19(30)26-16-4-2-1-3-5-16/h1-11H,12H2,(H,26,30). The van der Waals surface area contributed by atoms with Gasteiger partial charge in [0, 0.05) is 23.2 Å². The van der Waals surface area contributed by atoms with Crippen LogP contribution in [0.3, 0.4) is 0 Å². The van der Waals surface area contributed by atoms with E-state index in [1.54, 1.807) is 36.4 Å². The van der Waals surface area contributed by atoms with E-state index >= 15 is 0 Å². The highest BCUT2D eigenvalue weighted by Gasteiger charge is 2.32. The Morgan fingerprint density at radius 3 is 2.45 bits per heavy atom. The minimum atomic E-state index is -4.53. The van der Waals surface area contributed by atoms with Gasteiger partial charge in [-0.2, -0.15) is 13.2 Å². The second-order valence-electron chi connectivity index (χ2n) is 6.56. The first-order chi connectivity index (χ1) is 14.8. The highest BCUT2D eigenvalue weighted by molar-refractivity contribution is 7.98. The largest absolute Gasteiger partial charge is 0.417 e. The molecule has 4 aromatic rings. The van der Waals surface area contributed by atoms with Crippen molar-refractivity contribution < 1.29 is 18.0 Å². The van der Waals surface area contributed by atoms with Crippen LogP contribution in [0.1, 0.15) is 21.5 Å². The summed E-state index contributed by atoms with van der Waals surface area (Å²) in [5.74, 6) is 0.193.